The minimum Gasteiger partial charge on any atom is -0.492 e. The summed E-state index contributed by atoms with van der Waals surface area (Å²) in [6.07, 6.45) is 6.12. The molecule has 0 aliphatic heterocycles. The molecule has 2 nitrogen and oxygen atoms in total. The van der Waals surface area contributed by atoms with Crippen LogP contribution in [0.1, 0.15) is 51.5 Å². The fourth-order valence-electron chi connectivity index (χ4n) is 2.23. The predicted octanol–water partition coefficient (Wildman–Crippen LogP) is 5.23. The number of hydrogen-bond acceptors (Lipinski definition) is 2. The second kappa shape index (κ2) is 9.49. The summed E-state index contributed by atoms with van der Waals surface area (Å²) in [5, 5.41) is 1.26. The van der Waals surface area contributed by atoms with Gasteiger partial charge in [0.2, 0.25) is 0 Å². The van der Waals surface area contributed by atoms with E-state index in [4.69, 9.17) is 33.7 Å². The molecule has 0 aliphatic rings. The monoisotopic (exact) mass is 317 g/mol. The van der Waals surface area contributed by atoms with Crippen molar-refractivity contribution >= 4 is 23.2 Å². The van der Waals surface area contributed by atoms with Gasteiger partial charge in [0.25, 0.3) is 0 Å². The van der Waals surface area contributed by atoms with Crippen LogP contribution in [0, 0.1) is 0 Å². The SMILES string of the molecule is CCCOc1c(Cl)cc(Cl)cc1CCCC(N)CCC. The molecule has 0 heterocycles. The molecule has 0 fully saturated rings. The fraction of sp³-hybridized carbons (Fsp3) is 0.625. The van der Waals surface area contributed by atoms with Crippen LogP contribution in [-0.2, 0) is 6.42 Å². The van der Waals surface area contributed by atoms with E-state index < -0.39 is 0 Å². The van der Waals surface area contributed by atoms with Crippen LogP contribution < -0.4 is 10.5 Å². The van der Waals surface area contributed by atoms with Crippen molar-refractivity contribution in [3.63, 3.8) is 0 Å². The highest BCUT2D eigenvalue weighted by molar-refractivity contribution is 6.35. The van der Waals surface area contributed by atoms with Crippen LogP contribution in [-0.4, -0.2) is 12.6 Å². The number of benzene rings is 1. The lowest BCUT2D eigenvalue weighted by Crippen LogP contribution is -2.19. The van der Waals surface area contributed by atoms with Gasteiger partial charge in [0.15, 0.2) is 0 Å². The summed E-state index contributed by atoms with van der Waals surface area (Å²) in [6.45, 7) is 4.91. The van der Waals surface area contributed by atoms with Crippen LogP contribution in [0.15, 0.2) is 12.1 Å². The molecular weight excluding hydrogens is 293 g/mol. The van der Waals surface area contributed by atoms with Gasteiger partial charge in [0.1, 0.15) is 5.75 Å². The molecular formula is C16H25Cl2NO. The zero-order chi connectivity index (χ0) is 15.0. The lowest BCUT2D eigenvalue weighted by molar-refractivity contribution is 0.314. The average Bonchev–Trinajstić information content (AvgIpc) is 2.38. The molecule has 0 bridgehead atoms. The quantitative estimate of drug-likeness (QED) is 0.676. The highest BCUT2D eigenvalue weighted by atomic mass is 35.5. The van der Waals surface area contributed by atoms with E-state index in [1.165, 1.54) is 0 Å². The highest BCUT2D eigenvalue weighted by Crippen LogP contribution is 2.33. The molecule has 0 spiro atoms. The second-order valence-corrected chi connectivity index (χ2v) is 6.01. The van der Waals surface area contributed by atoms with Crippen LogP contribution in [0.2, 0.25) is 10.0 Å². The first kappa shape index (κ1) is 17.6. The molecule has 1 aromatic rings. The predicted molar refractivity (Wildman–Crippen MR) is 88.1 cm³/mol. The van der Waals surface area contributed by atoms with E-state index >= 15 is 0 Å². The molecule has 0 saturated carbocycles. The van der Waals surface area contributed by atoms with Crippen molar-refractivity contribution in [3.8, 4) is 5.75 Å². The zero-order valence-corrected chi connectivity index (χ0v) is 13.9. The van der Waals surface area contributed by atoms with Crippen molar-refractivity contribution in [1.82, 2.24) is 0 Å². The Morgan fingerprint density at radius 1 is 1.15 bits per heavy atom. The average molecular weight is 318 g/mol. The minimum absolute atomic E-state index is 0.287. The van der Waals surface area contributed by atoms with E-state index in [9.17, 15) is 0 Å². The molecule has 2 N–H and O–H groups in total. The molecule has 4 heteroatoms. The summed E-state index contributed by atoms with van der Waals surface area (Å²) in [7, 11) is 0. The third-order valence-corrected chi connectivity index (χ3v) is 3.72. The maximum atomic E-state index is 6.23. The third-order valence-electron chi connectivity index (χ3n) is 3.22. The van der Waals surface area contributed by atoms with E-state index in [2.05, 4.69) is 13.8 Å². The first-order valence-electron chi connectivity index (χ1n) is 7.44. The van der Waals surface area contributed by atoms with Crippen molar-refractivity contribution < 1.29 is 4.74 Å². The molecule has 20 heavy (non-hydrogen) atoms. The Morgan fingerprint density at radius 3 is 2.55 bits per heavy atom. The molecule has 1 rings (SSSR count). The fourth-order valence-corrected chi connectivity index (χ4v) is 2.83. The van der Waals surface area contributed by atoms with Gasteiger partial charge >= 0.3 is 0 Å². The Labute approximate surface area is 132 Å². The Kier molecular flexibility index (Phi) is 8.35. The number of hydrogen-bond donors (Lipinski definition) is 1. The standard InChI is InChI=1S/C16H25Cl2NO/c1-3-6-14(19)8-5-7-12-10-13(17)11-15(18)16(12)20-9-4-2/h10-11,14H,3-9,19H2,1-2H3. The third kappa shape index (κ3) is 5.90. The van der Waals surface area contributed by atoms with Crippen LogP contribution in [0.25, 0.3) is 0 Å². The molecule has 1 unspecified atom stereocenters. The number of nitrogens with two attached hydrogens (primary N) is 1. The van der Waals surface area contributed by atoms with Crippen LogP contribution >= 0.6 is 23.2 Å². The summed E-state index contributed by atoms with van der Waals surface area (Å²) in [4.78, 5) is 0. The number of ether oxygens (including phenoxy) is 1. The summed E-state index contributed by atoms with van der Waals surface area (Å²) in [5.41, 5.74) is 7.13. The summed E-state index contributed by atoms with van der Waals surface area (Å²) >= 11 is 12.3. The van der Waals surface area contributed by atoms with E-state index in [0.717, 1.165) is 49.8 Å². The molecule has 0 radical (unpaired) electrons. The minimum atomic E-state index is 0.287. The van der Waals surface area contributed by atoms with Crippen molar-refractivity contribution in [2.24, 2.45) is 5.73 Å². The highest BCUT2D eigenvalue weighted by Gasteiger charge is 2.11. The number of aryl methyl sites for hydroxylation is 1. The lowest BCUT2D eigenvalue weighted by Gasteiger charge is -2.15. The molecule has 1 atom stereocenters. The van der Waals surface area contributed by atoms with Crippen LogP contribution in [0.4, 0.5) is 0 Å². The normalized spacial score (nSPS) is 12.4. The van der Waals surface area contributed by atoms with Gasteiger partial charge in [-0.05, 0) is 49.8 Å². The van der Waals surface area contributed by atoms with Gasteiger partial charge in [-0.3, -0.25) is 0 Å². The topological polar surface area (TPSA) is 35.2 Å². The largest absolute Gasteiger partial charge is 0.492 e. The van der Waals surface area contributed by atoms with Crippen molar-refractivity contribution in [1.29, 1.82) is 0 Å². The van der Waals surface area contributed by atoms with E-state index in [1.807, 2.05) is 6.07 Å². The molecule has 1 aromatic carbocycles. The van der Waals surface area contributed by atoms with E-state index in [0.29, 0.717) is 16.7 Å². The summed E-state index contributed by atoms with van der Waals surface area (Å²) in [6, 6.07) is 3.97. The smallest absolute Gasteiger partial charge is 0.141 e. The Balaban J connectivity index is 2.66. The van der Waals surface area contributed by atoms with Gasteiger partial charge in [-0.25, -0.2) is 0 Å². The van der Waals surface area contributed by atoms with Gasteiger partial charge in [-0.1, -0.05) is 43.5 Å². The molecule has 0 aliphatic carbocycles. The summed E-state index contributed by atoms with van der Waals surface area (Å²) in [5.74, 6) is 0.780. The number of halogens is 2. The van der Waals surface area contributed by atoms with Crippen LogP contribution in [0.5, 0.6) is 5.75 Å². The summed E-state index contributed by atoms with van der Waals surface area (Å²) < 4.78 is 5.76. The van der Waals surface area contributed by atoms with Gasteiger partial charge in [-0.2, -0.15) is 0 Å². The van der Waals surface area contributed by atoms with Gasteiger partial charge < -0.3 is 10.5 Å². The maximum Gasteiger partial charge on any atom is 0.141 e. The Bertz CT molecular complexity index is 410. The lowest BCUT2D eigenvalue weighted by atomic mass is 10.0. The number of rotatable bonds is 9. The van der Waals surface area contributed by atoms with Crippen molar-refractivity contribution in [3.05, 3.63) is 27.7 Å². The first-order valence-corrected chi connectivity index (χ1v) is 8.20. The van der Waals surface area contributed by atoms with Crippen molar-refractivity contribution in [2.75, 3.05) is 6.61 Å². The van der Waals surface area contributed by atoms with Gasteiger partial charge in [0.05, 0.1) is 11.6 Å². The molecule has 114 valence electrons. The maximum absolute atomic E-state index is 6.23. The molecule has 0 amide bonds. The van der Waals surface area contributed by atoms with Gasteiger partial charge in [0, 0.05) is 11.1 Å². The van der Waals surface area contributed by atoms with Gasteiger partial charge in [-0.15, -0.1) is 0 Å². The van der Waals surface area contributed by atoms with Crippen molar-refractivity contribution in [2.45, 2.75) is 58.4 Å². The second-order valence-electron chi connectivity index (χ2n) is 5.17. The van der Waals surface area contributed by atoms with E-state index in [-0.39, 0.29) is 6.04 Å². The first-order chi connectivity index (χ1) is 9.58. The zero-order valence-electron chi connectivity index (χ0n) is 12.4. The van der Waals surface area contributed by atoms with E-state index in [1.54, 1.807) is 6.07 Å². The Hall–Kier alpha value is -0.440. The Morgan fingerprint density at radius 2 is 1.90 bits per heavy atom. The molecule has 0 aromatic heterocycles. The molecule has 0 saturated heterocycles. The van der Waals surface area contributed by atoms with Crippen LogP contribution in [0.3, 0.4) is 0 Å².